The van der Waals surface area contributed by atoms with Crippen LogP contribution in [0.15, 0.2) is 0 Å². The van der Waals surface area contributed by atoms with Crippen molar-refractivity contribution in [3.63, 3.8) is 0 Å². The fraction of sp³-hybridized carbons (Fsp3) is 1.00. The summed E-state index contributed by atoms with van der Waals surface area (Å²) in [5, 5.41) is 8.74. The lowest BCUT2D eigenvalue weighted by atomic mass is 9.93. The average Bonchev–Trinajstić information content (AvgIpc) is 1.81. The molecule has 0 aromatic carbocycles. The number of halogens is 3. The number of alkyl halides is 3. The zero-order valence-corrected chi connectivity index (χ0v) is 5.36. The van der Waals surface area contributed by atoms with Crippen LogP contribution in [-0.4, -0.2) is 23.3 Å². The van der Waals surface area contributed by atoms with Crippen molar-refractivity contribution in [1.82, 2.24) is 0 Å². The van der Waals surface area contributed by atoms with Crippen molar-refractivity contribution in [2.45, 2.75) is 37.5 Å². The molecule has 0 saturated heterocycles. The van der Waals surface area contributed by atoms with Gasteiger partial charge in [0.25, 0.3) is 5.92 Å². The molecule has 0 radical (unpaired) electrons. The molecule has 0 aromatic heterocycles. The van der Waals surface area contributed by atoms with E-state index in [0.29, 0.717) is 0 Å². The van der Waals surface area contributed by atoms with Gasteiger partial charge in [-0.2, -0.15) is 0 Å². The van der Waals surface area contributed by atoms with Crippen molar-refractivity contribution in [2.24, 2.45) is 0 Å². The molecular formula is C6H9F3O. The van der Waals surface area contributed by atoms with Gasteiger partial charge in [0.2, 0.25) is 0 Å². The van der Waals surface area contributed by atoms with Crippen LogP contribution in [0.25, 0.3) is 0 Å². The Morgan fingerprint density at radius 3 is 2.40 bits per heavy atom. The molecule has 1 aliphatic rings. The maximum absolute atomic E-state index is 12.3. The minimum absolute atomic E-state index is 0.00736. The van der Waals surface area contributed by atoms with Crippen molar-refractivity contribution >= 4 is 0 Å². The first kappa shape index (κ1) is 7.85. The van der Waals surface area contributed by atoms with E-state index in [1.165, 1.54) is 0 Å². The zero-order valence-electron chi connectivity index (χ0n) is 5.36. The van der Waals surface area contributed by atoms with Gasteiger partial charge in [0, 0.05) is 12.8 Å². The van der Waals surface area contributed by atoms with Crippen LogP contribution in [0.5, 0.6) is 0 Å². The third-order valence-electron chi connectivity index (χ3n) is 1.75. The van der Waals surface area contributed by atoms with Crippen LogP contribution in [0, 0.1) is 0 Å². The maximum atomic E-state index is 12.3. The molecule has 10 heavy (non-hydrogen) atoms. The molecule has 0 spiro atoms. The van der Waals surface area contributed by atoms with Gasteiger partial charge in [0.1, 0.15) is 0 Å². The Kier molecular flexibility index (Phi) is 1.90. The Morgan fingerprint density at radius 1 is 1.40 bits per heavy atom. The highest BCUT2D eigenvalue weighted by Gasteiger charge is 2.44. The lowest BCUT2D eigenvalue weighted by molar-refractivity contribution is -0.121. The van der Waals surface area contributed by atoms with E-state index in [1.807, 2.05) is 0 Å². The van der Waals surface area contributed by atoms with E-state index in [9.17, 15) is 13.2 Å². The van der Waals surface area contributed by atoms with Gasteiger partial charge in [-0.3, -0.25) is 0 Å². The summed E-state index contributed by atoms with van der Waals surface area (Å²) < 4.78 is 36.9. The second-order valence-electron chi connectivity index (χ2n) is 2.66. The minimum atomic E-state index is -3.21. The molecular weight excluding hydrogens is 145 g/mol. The summed E-state index contributed by atoms with van der Waals surface area (Å²) >= 11 is 0. The molecule has 0 heterocycles. The number of hydrogen-bond acceptors (Lipinski definition) is 1. The minimum Gasteiger partial charge on any atom is -0.393 e. The smallest absolute Gasteiger partial charge is 0.278 e. The first-order chi connectivity index (χ1) is 4.52. The Balaban J connectivity index is 2.52. The van der Waals surface area contributed by atoms with Gasteiger partial charge in [-0.05, 0) is 6.42 Å². The molecule has 1 nitrogen and oxygen atoms in total. The fourth-order valence-corrected chi connectivity index (χ4v) is 1.04. The summed E-state index contributed by atoms with van der Waals surface area (Å²) in [5.41, 5.74) is 0. The Bertz CT molecular complexity index is 126. The Labute approximate surface area is 56.8 Å². The SMILES string of the molecule is O[C@@H]1CCC(F)(F)[C@@H](F)C1. The highest BCUT2D eigenvalue weighted by molar-refractivity contribution is 4.85. The van der Waals surface area contributed by atoms with E-state index >= 15 is 0 Å². The molecule has 0 aromatic rings. The molecule has 1 rings (SSSR count). The fourth-order valence-electron chi connectivity index (χ4n) is 1.04. The van der Waals surface area contributed by atoms with E-state index in [-0.39, 0.29) is 6.42 Å². The number of aliphatic hydroxyl groups is 1. The maximum Gasteiger partial charge on any atom is 0.278 e. The molecule has 1 aliphatic carbocycles. The highest BCUT2D eigenvalue weighted by Crippen LogP contribution is 2.35. The van der Waals surface area contributed by atoms with Crippen molar-refractivity contribution < 1.29 is 18.3 Å². The van der Waals surface area contributed by atoms with Crippen LogP contribution in [0.4, 0.5) is 13.2 Å². The predicted octanol–water partition coefficient (Wildman–Crippen LogP) is 1.50. The lowest BCUT2D eigenvalue weighted by Gasteiger charge is -2.28. The molecule has 4 heteroatoms. The van der Waals surface area contributed by atoms with Crippen molar-refractivity contribution in [3.8, 4) is 0 Å². The highest BCUT2D eigenvalue weighted by atomic mass is 19.3. The van der Waals surface area contributed by atoms with Crippen molar-refractivity contribution in [2.75, 3.05) is 0 Å². The van der Waals surface area contributed by atoms with E-state index in [0.717, 1.165) is 0 Å². The van der Waals surface area contributed by atoms with Crippen LogP contribution in [0.3, 0.4) is 0 Å². The molecule has 60 valence electrons. The number of hydrogen-bond donors (Lipinski definition) is 1. The molecule has 0 amide bonds. The molecule has 0 aliphatic heterocycles. The molecule has 1 saturated carbocycles. The topological polar surface area (TPSA) is 20.2 Å². The van der Waals surface area contributed by atoms with E-state index in [1.54, 1.807) is 0 Å². The normalized spacial score (nSPS) is 39.6. The van der Waals surface area contributed by atoms with Crippen LogP contribution in [-0.2, 0) is 0 Å². The summed E-state index contributed by atoms with van der Waals surface area (Å²) in [6.45, 7) is 0. The third-order valence-corrected chi connectivity index (χ3v) is 1.75. The molecule has 0 unspecified atom stereocenters. The largest absolute Gasteiger partial charge is 0.393 e. The summed E-state index contributed by atoms with van der Waals surface area (Å²) in [7, 11) is 0. The summed E-state index contributed by atoms with van der Waals surface area (Å²) in [6.07, 6.45) is -3.98. The molecule has 1 fully saturated rings. The van der Waals surface area contributed by atoms with Crippen molar-refractivity contribution in [3.05, 3.63) is 0 Å². The van der Waals surface area contributed by atoms with Crippen LogP contribution < -0.4 is 0 Å². The first-order valence-corrected chi connectivity index (χ1v) is 3.22. The molecule has 2 atom stereocenters. The zero-order chi connectivity index (χ0) is 7.78. The predicted molar refractivity (Wildman–Crippen MR) is 29.7 cm³/mol. The summed E-state index contributed by atoms with van der Waals surface area (Å²) in [5.74, 6) is -3.21. The van der Waals surface area contributed by atoms with Gasteiger partial charge in [0.15, 0.2) is 6.17 Å². The second-order valence-corrected chi connectivity index (χ2v) is 2.66. The van der Waals surface area contributed by atoms with Crippen LogP contribution >= 0.6 is 0 Å². The average molecular weight is 154 g/mol. The first-order valence-electron chi connectivity index (χ1n) is 3.22. The number of rotatable bonds is 0. The van der Waals surface area contributed by atoms with Gasteiger partial charge in [-0.25, -0.2) is 13.2 Å². The van der Waals surface area contributed by atoms with E-state index in [2.05, 4.69) is 0 Å². The Morgan fingerprint density at radius 2 is 2.00 bits per heavy atom. The van der Waals surface area contributed by atoms with Gasteiger partial charge >= 0.3 is 0 Å². The molecule has 1 N–H and O–H groups in total. The molecule has 0 bridgehead atoms. The van der Waals surface area contributed by atoms with Gasteiger partial charge in [0.05, 0.1) is 6.10 Å². The van der Waals surface area contributed by atoms with Crippen molar-refractivity contribution in [1.29, 1.82) is 0 Å². The van der Waals surface area contributed by atoms with Crippen LogP contribution in [0.1, 0.15) is 19.3 Å². The Hall–Kier alpha value is -0.250. The number of aliphatic hydroxyl groups excluding tert-OH is 1. The quantitative estimate of drug-likeness (QED) is 0.560. The van der Waals surface area contributed by atoms with E-state index < -0.39 is 31.0 Å². The summed E-state index contributed by atoms with van der Waals surface area (Å²) in [6, 6.07) is 0. The van der Waals surface area contributed by atoms with Gasteiger partial charge < -0.3 is 5.11 Å². The third kappa shape index (κ3) is 1.42. The van der Waals surface area contributed by atoms with E-state index in [4.69, 9.17) is 5.11 Å². The second kappa shape index (κ2) is 2.42. The van der Waals surface area contributed by atoms with Gasteiger partial charge in [-0.15, -0.1) is 0 Å². The summed E-state index contributed by atoms with van der Waals surface area (Å²) in [4.78, 5) is 0. The van der Waals surface area contributed by atoms with Crippen LogP contribution in [0.2, 0.25) is 0 Å². The lowest BCUT2D eigenvalue weighted by Crippen LogP contribution is -2.38. The standard InChI is InChI=1S/C6H9F3O/c7-5-3-4(10)1-2-6(5,8)9/h4-5,10H,1-3H2/t4-,5+/m1/s1. The monoisotopic (exact) mass is 154 g/mol. The van der Waals surface area contributed by atoms with Gasteiger partial charge in [-0.1, -0.05) is 0 Å².